The molecule has 1 N–H and O–H groups in total. The van der Waals surface area contributed by atoms with Crippen molar-refractivity contribution in [2.24, 2.45) is 5.41 Å². The zero-order valence-corrected chi connectivity index (χ0v) is 24.1. The number of carbonyl (C=O) groups is 2. The fourth-order valence-corrected chi connectivity index (χ4v) is 6.19. The van der Waals surface area contributed by atoms with Gasteiger partial charge in [-0.3, -0.25) is 9.59 Å². The quantitative estimate of drug-likeness (QED) is 0.473. The number of hydrogen-bond donors (Lipinski definition) is 1. The summed E-state index contributed by atoms with van der Waals surface area (Å²) in [6, 6.07) is 3.31. The Morgan fingerprint density at radius 3 is 2.60 bits per heavy atom. The zero-order chi connectivity index (χ0) is 30.0. The smallest absolute Gasteiger partial charge is 0.345 e. The van der Waals surface area contributed by atoms with Crippen LogP contribution in [0.1, 0.15) is 50.4 Å². The first-order valence-electron chi connectivity index (χ1n) is 14.4. The fourth-order valence-electron chi connectivity index (χ4n) is 6.19. The van der Waals surface area contributed by atoms with E-state index >= 15 is 0 Å². The average Bonchev–Trinajstić information content (AvgIpc) is 3.40. The highest BCUT2D eigenvalue weighted by molar-refractivity contribution is 5.97. The van der Waals surface area contributed by atoms with Gasteiger partial charge in [0.2, 0.25) is 5.91 Å². The third kappa shape index (κ3) is 6.31. The van der Waals surface area contributed by atoms with E-state index in [0.29, 0.717) is 44.3 Å². The van der Waals surface area contributed by atoms with Crippen LogP contribution < -0.4 is 15.0 Å². The van der Waals surface area contributed by atoms with Crippen molar-refractivity contribution in [3.8, 4) is 11.5 Å². The predicted octanol–water partition coefficient (Wildman–Crippen LogP) is 3.68. The Balaban J connectivity index is 1.21. The number of aromatic nitrogens is 2. The maximum atomic E-state index is 14.2. The molecule has 3 saturated heterocycles. The Kier molecular flexibility index (Phi) is 8.88. The maximum Gasteiger partial charge on any atom is 0.345 e. The highest BCUT2D eigenvalue weighted by Crippen LogP contribution is 2.45. The van der Waals surface area contributed by atoms with E-state index in [4.69, 9.17) is 4.74 Å². The molecule has 3 fully saturated rings. The van der Waals surface area contributed by atoms with Crippen LogP contribution in [0.15, 0.2) is 30.7 Å². The lowest BCUT2D eigenvalue weighted by molar-refractivity contribution is -0.158. The number of nitrogens with one attached hydrogen (secondary N) is 1. The average molecular weight is 591 g/mol. The molecule has 3 aliphatic heterocycles. The van der Waals surface area contributed by atoms with Crippen LogP contribution >= 0.6 is 0 Å². The Labute approximate surface area is 243 Å². The standard InChI is InChI=1S/C29H37F3N6O4/c1-4-38(18(2)3)26(39)21-11-19(30)5-6-23(21)42-24-14-33-17-35-25(24)37-15-29(16-37)7-9-36(10-8-29)27(40)22-12-20(13-34-22)41-28(31)32/h5-6,11,14,17-18,20,22,28,34H,4,7-10,12-13,15-16H2,1-3H3/t20-,22+/m1/s1. The second-order valence-electron chi connectivity index (χ2n) is 11.5. The van der Waals surface area contributed by atoms with E-state index in [-0.39, 0.29) is 47.5 Å². The van der Waals surface area contributed by atoms with Crippen molar-refractivity contribution < 1.29 is 32.2 Å². The molecule has 0 saturated carbocycles. The minimum Gasteiger partial charge on any atom is -0.451 e. The topological polar surface area (TPSA) is 100 Å². The molecular weight excluding hydrogens is 553 g/mol. The minimum atomic E-state index is -2.85. The van der Waals surface area contributed by atoms with Gasteiger partial charge in [0, 0.05) is 50.7 Å². The molecular formula is C29H37F3N6O4. The molecule has 2 amide bonds. The first-order chi connectivity index (χ1) is 20.1. The second-order valence-corrected chi connectivity index (χ2v) is 11.5. The van der Waals surface area contributed by atoms with Gasteiger partial charge in [0.15, 0.2) is 11.6 Å². The Morgan fingerprint density at radius 1 is 1.19 bits per heavy atom. The summed E-state index contributed by atoms with van der Waals surface area (Å²) in [5, 5.41) is 3.01. The first kappa shape index (κ1) is 30.0. The molecule has 10 nitrogen and oxygen atoms in total. The number of halogens is 3. The van der Waals surface area contributed by atoms with Crippen molar-refractivity contribution in [3.05, 3.63) is 42.1 Å². The molecule has 2 aromatic rings. The van der Waals surface area contributed by atoms with Crippen molar-refractivity contribution in [3.63, 3.8) is 0 Å². The number of likely N-dealkylation sites (tertiary alicyclic amines) is 1. The Bertz CT molecular complexity index is 1280. The van der Waals surface area contributed by atoms with E-state index < -0.39 is 24.6 Å². The van der Waals surface area contributed by atoms with Gasteiger partial charge >= 0.3 is 6.61 Å². The van der Waals surface area contributed by atoms with Gasteiger partial charge in [0.1, 0.15) is 17.9 Å². The first-order valence-corrected chi connectivity index (χ1v) is 14.4. The maximum absolute atomic E-state index is 14.2. The summed E-state index contributed by atoms with van der Waals surface area (Å²) in [6.07, 6.45) is 4.15. The number of nitrogens with zero attached hydrogens (tertiary/aromatic N) is 5. The number of alkyl halides is 2. The van der Waals surface area contributed by atoms with Crippen molar-refractivity contribution in [2.45, 2.75) is 64.8 Å². The van der Waals surface area contributed by atoms with Gasteiger partial charge in [-0.2, -0.15) is 8.78 Å². The van der Waals surface area contributed by atoms with Gasteiger partial charge in [-0.05, 0) is 58.2 Å². The van der Waals surface area contributed by atoms with Crippen LogP contribution in [0.4, 0.5) is 19.0 Å². The molecule has 5 rings (SSSR count). The summed E-state index contributed by atoms with van der Waals surface area (Å²) >= 11 is 0. The van der Waals surface area contributed by atoms with Gasteiger partial charge in [-0.1, -0.05) is 0 Å². The molecule has 2 atom stereocenters. The highest BCUT2D eigenvalue weighted by atomic mass is 19.3. The molecule has 0 bridgehead atoms. The molecule has 13 heteroatoms. The summed E-state index contributed by atoms with van der Waals surface area (Å²) in [7, 11) is 0. The number of anilines is 1. The molecule has 1 spiro atoms. The summed E-state index contributed by atoms with van der Waals surface area (Å²) in [5.41, 5.74) is 0.139. The lowest BCUT2D eigenvalue weighted by Crippen LogP contribution is -2.62. The molecule has 0 radical (unpaired) electrons. The summed E-state index contributed by atoms with van der Waals surface area (Å²) in [4.78, 5) is 40.3. The molecule has 4 heterocycles. The van der Waals surface area contributed by atoms with Gasteiger partial charge in [0.05, 0.1) is 23.9 Å². The van der Waals surface area contributed by atoms with Crippen LogP contribution in [-0.2, 0) is 9.53 Å². The van der Waals surface area contributed by atoms with Crippen molar-refractivity contribution in [2.75, 3.05) is 44.2 Å². The number of carbonyl (C=O) groups excluding carboxylic acids is 2. The Hall–Kier alpha value is -3.45. The number of amides is 2. The second kappa shape index (κ2) is 12.4. The molecule has 3 aliphatic rings. The Morgan fingerprint density at radius 2 is 1.93 bits per heavy atom. The van der Waals surface area contributed by atoms with E-state index in [0.717, 1.165) is 12.8 Å². The van der Waals surface area contributed by atoms with Crippen LogP contribution in [-0.4, -0.2) is 95.6 Å². The van der Waals surface area contributed by atoms with Crippen LogP contribution in [0.25, 0.3) is 0 Å². The zero-order valence-electron chi connectivity index (χ0n) is 24.1. The van der Waals surface area contributed by atoms with Crippen LogP contribution in [0.3, 0.4) is 0 Å². The lowest BCUT2D eigenvalue weighted by atomic mass is 9.72. The summed E-state index contributed by atoms with van der Waals surface area (Å²) < 4.78 is 50.0. The normalized spacial score (nSPS) is 21.6. The SMILES string of the molecule is CCN(C(=O)c1cc(F)ccc1Oc1cncnc1N1CC2(CCN(C(=O)[C@@H]3C[C@@H](OC(F)F)CN3)CC2)C1)C(C)C. The fraction of sp³-hybridized carbons (Fsp3) is 0.586. The third-order valence-corrected chi connectivity index (χ3v) is 8.45. The molecule has 42 heavy (non-hydrogen) atoms. The number of rotatable bonds is 9. The van der Waals surface area contributed by atoms with Gasteiger partial charge < -0.3 is 29.5 Å². The van der Waals surface area contributed by atoms with Gasteiger partial charge in [0.25, 0.3) is 5.91 Å². The van der Waals surface area contributed by atoms with Crippen molar-refractivity contribution in [1.82, 2.24) is 25.1 Å². The van der Waals surface area contributed by atoms with E-state index in [1.165, 1.54) is 30.7 Å². The lowest BCUT2D eigenvalue weighted by Gasteiger charge is -2.54. The van der Waals surface area contributed by atoms with Gasteiger partial charge in [-0.25, -0.2) is 14.4 Å². The number of benzene rings is 1. The van der Waals surface area contributed by atoms with Crippen molar-refractivity contribution >= 4 is 17.6 Å². The van der Waals surface area contributed by atoms with Crippen molar-refractivity contribution in [1.29, 1.82) is 0 Å². The molecule has 0 aliphatic carbocycles. The number of piperidine rings is 1. The predicted molar refractivity (Wildman–Crippen MR) is 148 cm³/mol. The number of hydrogen-bond acceptors (Lipinski definition) is 8. The summed E-state index contributed by atoms with van der Waals surface area (Å²) in [6.45, 7) is 6.12. The van der Waals surface area contributed by atoms with Gasteiger partial charge in [-0.15, -0.1) is 0 Å². The summed E-state index contributed by atoms with van der Waals surface area (Å²) in [5.74, 6) is 0.232. The van der Waals surface area contributed by atoms with E-state index in [1.54, 1.807) is 9.80 Å². The number of ether oxygens (including phenoxy) is 2. The van der Waals surface area contributed by atoms with E-state index in [9.17, 15) is 22.8 Å². The van der Waals surface area contributed by atoms with Crippen LogP contribution in [0, 0.1) is 11.2 Å². The molecule has 228 valence electrons. The van der Waals surface area contributed by atoms with E-state index in [1.807, 2.05) is 20.8 Å². The molecule has 0 unspecified atom stereocenters. The van der Waals surface area contributed by atoms with Crippen LogP contribution in [0.2, 0.25) is 0 Å². The van der Waals surface area contributed by atoms with E-state index in [2.05, 4.69) is 24.9 Å². The van der Waals surface area contributed by atoms with Crippen LogP contribution in [0.5, 0.6) is 11.5 Å². The minimum absolute atomic E-state index is 0.0132. The highest BCUT2D eigenvalue weighted by Gasteiger charge is 2.47. The largest absolute Gasteiger partial charge is 0.451 e. The monoisotopic (exact) mass is 590 g/mol. The molecule has 1 aromatic carbocycles. The third-order valence-electron chi connectivity index (χ3n) is 8.45. The molecule has 1 aromatic heterocycles.